The number of sulfone groups is 1. The van der Waals surface area contributed by atoms with E-state index in [9.17, 15) is 18.0 Å². The summed E-state index contributed by atoms with van der Waals surface area (Å²) in [6.07, 6.45) is 0.862. The third-order valence-corrected chi connectivity index (χ3v) is 5.85. The van der Waals surface area contributed by atoms with Crippen molar-refractivity contribution in [2.75, 3.05) is 32.2 Å². The first-order chi connectivity index (χ1) is 11.7. The van der Waals surface area contributed by atoms with Crippen molar-refractivity contribution in [3.63, 3.8) is 0 Å². The summed E-state index contributed by atoms with van der Waals surface area (Å²) in [6, 6.07) is 6.27. The van der Waals surface area contributed by atoms with Crippen molar-refractivity contribution in [1.82, 2.24) is 10.0 Å². The van der Waals surface area contributed by atoms with Gasteiger partial charge in [0.05, 0.1) is 17.5 Å². The van der Waals surface area contributed by atoms with Crippen LogP contribution in [0.3, 0.4) is 0 Å². The number of nitrogens with zero attached hydrogens (tertiary/aromatic N) is 2. The zero-order valence-corrected chi connectivity index (χ0v) is 15.6. The van der Waals surface area contributed by atoms with Crippen LogP contribution in [-0.4, -0.2) is 68.4 Å². The summed E-state index contributed by atoms with van der Waals surface area (Å²) >= 11 is 0. The fraction of sp³-hybridized carbons (Fsp3) is 0.529. The second kappa shape index (κ2) is 7.97. The molecule has 1 heterocycles. The van der Waals surface area contributed by atoms with Crippen LogP contribution in [0.1, 0.15) is 30.1 Å². The number of ether oxygens (including phenoxy) is 1. The maximum absolute atomic E-state index is 12.5. The summed E-state index contributed by atoms with van der Waals surface area (Å²) in [5, 5.41) is 3.04. The standard InChI is InChI=1S/C17H24N2O5S/c1-4-16(20)13-5-7-15(8-6-13)24-11-17(21)19(18(2)3)14-9-10-25(22,23)12-14/h5-8,14H,4,9-12H2,1-3H3/t14-/m1/s1. The van der Waals surface area contributed by atoms with Gasteiger partial charge in [-0.2, -0.15) is 0 Å². The van der Waals surface area contributed by atoms with E-state index >= 15 is 0 Å². The monoisotopic (exact) mass is 368 g/mol. The average Bonchev–Trinajstić information content (AvgIpc) is 2.92. The summed E-state index contributed by atoms with van der Waals surface area (Å²) < 4.78 is 28.8. The van der Waals surface area contributed by atoms with E-state index < -0.39 is 9.84 Å². The molecule has 0 aromatic heterocycles. The van der Waals surface area contributed by atoms with Gasteiger partial charge in [0.2, 0.25) is 0 Å². The summed E-state index contributed by atoms with van der Waals surface area (Å²) in [6.45, 7) is 1.60. The maximum atomic E-state index is 12.5. The number of carbonyl (C=O) groups excluding carboxylic acids is 2. The molecule has 0 N–H and O–H groups in total. The van der Waals surface area contributed by atoms with Crippen LogP contribution in [0.2, 0.25) is 0 Å². The highest BCUT2D eigenvalue weighted by Gasteiger charge is 2.36. The van der Waals surface area contributed by atoms with Crippen molar-refractivity contribution in [1.29, 1.82) is 0 Å². The second-order valence-electron chi connectivity index (χ2n) is 6.23. The number of Topliss-reactive ketones (excluding diaryl/α,β-unsaturated/α-hetero) is 1. The smallest absolute Gasteiger partial charge is 0.275 e. The Bertz CT molecular complexity index is 728. The van der Waals surface area contributed by atoms with E-state index in [-0.39, 0.29) is 35.8 Å². The zero-order valence-electron chi connectivity index (χ0n) is 14.8. The van der Waals surface area contributed by atoms with Crippen LogP contribution in [0.4, 0.5) is 0 Å². The molecule has 1 amide bonds. The Morgan fingerprint density at radius 1 is 1.20 bits per heavy atom. The predicted octanol–water partition coefficient (Wildman–Crippen LogP) is 1.15. The number of hydrogen-bond acceptors (Lipinski definition) is 6. The number of carbonyl (C=O) groups is 2. The molecule has 1 aliphatic rings. The van der Waals surface area contributed by atoms with Gasteiger partial charge >= 0.3 is 0 Å². The van der Waals surface area contributed by atoms with E-state index in [1.54, 1.807) is 50.3 Å². The third kappa shape index (κ3) is 5.02. The largest absolute Gasteiger partial charge is 0.484 e. The molecule has 0 bridgehead atoms. The number of benzene rings is 1. The number of hydrogen-bond donors (Lipinski definition) is 0. The molecular weight excluding hydrogens is 344 g/mol. The normalized spacial score (nSPS) is 19.0. The minimum Gasteiger partial charge on any atom is -0.484 e. The van der Waals surface area contributed by atoms with Crippen molar-refractivity contribution in [2.45, 2.75) is 25.8 Å². The summed E-state index contributed by atoms with van der Waals surface area (Å²) in [7, 11) is 0.321. The van der Waals surface area contributed by atoms with E-state index in [1.807, 2.05) is 0 Å². The second-order valence-corrected chi connectivity index (χ2v) is 8.46. The van der Waals surface area contributed by atoms with E-state index in [4.69, 9.17) is 4.74 Å². The molecule has 8 heteroatoms. The fourth-order valence-electron chi connectivity index (χ4n) is 2.87. The Morgan fingerprint density at radius 3 is 2.32 bits per heavy atom. The van der Waals surface area contributed by atoms with Gasteiger partial charge in [-0.25, -0.2) is 13.4 Å². The molecule has 2 rings (SSSR count). The van der Waals surface area contributed by atoms with Crippen LogP contribution < -0.4 is 4.74 Å². The summed E-state index contributed by atoms with van der Waals surface area (Å²) in [4.78, 5) is 24.1. The molecule has 1 aromatic carbocycles. The van der Waals surface area contributed by atoms with Gasteiger partial charge in [0.15, 0.2) is 22.2 Å². The average molecular weight is 368 g/mol. The Balaban J connectivity index is 1.98. The molecule has 0 spiro atoms. The highest BCUT2D eigenvalue weighted by atomic mass is 32.2. The molecule has 1 fully saturated rings. The van der Waals surface area contributed by atoms with Gasteiger partial charge in [-0.1, -0.05) is 6.92 Å². The van der Waals surface area contributed by atoms with E-state index in [0.29, 0.717) is 24.2 Å². The van der Waals surface area contributed by atoms with Gasteiger partial charge in [0.25, 0.3) is 5.91 Å². The van der Waals surface area contributed by atoms with E-state index in [2.05, 4.69) is 0 Å². The highest BCUT2D eigenvalue weighted by Crippen LogP contribution is 2.19. The first-order valence-electron chi connectivity index (χ1n) is 8.19. The molecule has 0 unspecified atom stereocenters. The Kier molecular flexibility index (Phi) is 6.18. The van der Waals surface area contributed by atoms with Gasteiger partial charge in [-0.05, 0) is 30.7 Å². The fourth-order valence-corrected chi connectivity index (χ4v) is 4.57. The Hall–Kier alpha value is -1.93. The van der Waals surface area contributed by atoms with Gasteiger partial charge < -0.3 is 4.74 Å². The highest BCUT2D eigenvalue weighted by molar-refractivity contribution is 7.91. The van der Waals surface area contributed by atoms with Crippen molar-refractivity contribution in [3.8, 4) is 5.75 Å². The topological polar surface area (TPSA) is 84.0 Å². The third-order valence-electron chi connectivity index (χ3n) is 4.10. The molecular formula is C17H24N2O5S. The van der Waals surface area contributed by atoms with Gasteiger partial charge in [-0.15, -0.1) is 0 Å². The minimum absolute atomic E-state index is 0.0231. The zero-order chi connectivity index (χ0) is 18.6. The van der Waals surface area contributed by atoms with Crippen LogP contribution in [0.25, 0.3) is 0 Å². The van der Waals surface area contributed by atoms with Gasteiger partial charge in [-0.3, -0.25) is 14.6 Å². The van der Waals surface area contributed by atoms with Crippen LogP contribution in [0.15, 0.2) is 24.3 Å². The van der Waals surface area contributed by atoms with Crippen LogP contribution >= 0.6 is 0 Å². The Labute approximate surface area is 148 Å². The number of ketones is 1. The van der Waals surface area contributed by atoms with Gasteiger partial charge in [0.1, 0.15) is 5.75 Å². The minimum atomic E-state index is -3.08. The molecule has 7 nitrogen and oxygen atoms in total. The van der Waals surface area contributed by atoms with Crippen molar-refractivity contribution >= 4 is 21.5 Å². The first-order valence-corrected chi connectivity index (χ1v) is 10.0. The lowest BCUT2D eigenvalue weighted by molar-refractivity contribution is -0.151. The van der Waals surface area contributed by atoms with Crippen LogP contribution in [0, 0.1) is 0 Å². The number of amides is 1. The molecule has 0 aliphatic carbocycles. The van der Waals surface area contributed by atoms with E-state index in [0.717, 1.165) is 0 Å². The molecule has 1 aromatic rings. The number of rotatable bonds is 7. The van der Waals surface area contributed by atoms with Crippen LogP contribution in [-0.2, 0) is 14.6 Å². The maximum Gasteiger partial charge on any atom is 0.275 e. The molecule has 138 valence electrons. The summed E-state index contributed by atoms with van der Waals surface area (Å²) in [5.74, 6) is 0.303. The van der Waals surface area contributed by atoms with Crippen molar-refractivity contribution in [3.05, 3.63) is 29.8 Å². The lowest BCUT2D eigenvalue weighted by Crippen LogP contribution is -2.51. The van der Waals surface area contributed by atoms with Crippen LogP contribution in [0.5, 0.6) is 5.75 Å². The molecule has 0 saturated carbocycles. The quantitative estimate of drug-likeness (QED) is 0.530. The van der Waals surface area contributed by atoms with Crippen molar-refractivity contribution < 1.29 is 22.7 Å². The van der Waals surface area contributed by atoms with Gasteiger partial charge in [0, 0.05) is 26.1 Å². The number of hydrazine groups is 1. The molecule has 1 atom stereocenters. The SMILES string of the molecule is CCC(=O)c1ccc(OCC(=O)N([C@@H]2CCS(=O)(=O)C2)N(C)C)cc1. The lowest BCUT2D eigenvalue weighted by atomic mass is 10.1. The predicted molar refractivity (Wildman–Crippen MR) is 94.2 cm³/mol. The molecule has 25 heavy (non-hydrogen) atoms. The molecule has 1 saturated heterocycles. The molecule has 0 radical (unpaired) electrons. The molecule has 1 aliphatic heterocycles. The summed E-state index contributed by atoms with van der Waals surface area (Å²) in [5.41, 5.74) is 0.604. The van der Waals surface area contributed by atoms with E-state index in [1.165, 1.54) is 5.01 Å². The Morgan fingerprint density at radius 2 is 1.84 bits per heavy atom. The van der Waals surface area contributed by atoms with Crippen molar-refractivity contribution in [2.24, 2.45) is 0 Å². The lowest BCUT2D eigenvalue weighted by Gasteiger charge is -2.33. The first kappa shape index (κ1) is 19.4.